The van der Waals surface area contributed by atoms with Gasteiger partial charge in [-0.1, -0.05) is 24.3 Å². The van der Waals surface area contributed by atoms with Crippen LogP contribution in [0.4, 0.5) is 10.1 Å². The third-order valence-electron chi connectivity index (χ3n) is 3.13. The van der Waals surface area contributed by atoms with Crippen LogP contribution in [-0.2, 0) is 11.3 Å². The van der Waals surface area contributed by atoms with Crippen LogP contribution >= 0.6 is 0 Å². The Kier molecular flexibility index (Phi) is 2.63. The Morgan fingerprint density at radius 3 is 2.37 bits per heavy atom. The first-order chi connectivity index (χ1) is 9.16. The molecule has 0 aromatic heterocycles. The molecular weight excluding hydrogens is 245 g/mol. The van der Waals surface area contributed by atoms with Crippen LogP contribution in [-0.4, -0.2) is 11.7 Å². The summed E-state index contributed by atoms with van der Waals surface area (Å²) in [5, 5.41) is 0. The van der Waals surface area contributed by atoms with Gasteiger partial charge in [0, 0.05) is 0 Å². The molecular formula is C15H10FNO2. The number of hydrogen-bond donors (Lipinski definition) is 0. The number of nitrogens with zero attached hydrogens (tertiary/aromatic N) is 1. The van der Waals surface area contributed by atoms with Crippen molar-refractivity contribution in [3.05, 3.63) is 65.5 Å². The number of Topliss-reactive ketones (excluding diaryl/α,β-unsaturated/α-hetero) is 1. The molecule has 2 aromatic carbocycles. The van der Waals surface area contributed by atoms with Crippen molar-refractivity contribution in [2.75, 3.05) is 4.90 Å². The lowest BCUT2D eigenvalue weighted by atomic mass is 10.1. The van der Waals surface area contributed by atoms with E-state index < -0.39 is 11.7 Å². The number of anilines is 1. The summed E-state index contributed by atoms with van der Waals surface area (Å²) in [5.74, 6) is -1.35. The van der Waals surface area contributed by atoms with E-state index >= 15 is 0 Å². The molecule has 1 aliphatic rings. The molecule has 4 heteroatoms. The highest BCUT2D eigenvalue weighted by Gasteiger charge is 2.35. The van der Waals surface area contributed by atoms with E-state index in [0.717, 1.165) is 5.56 Å². The van der Waals surface area contributed by atoms with Crippen molar-refractivity contribution in [2.24, 2.45) is 0 Å². The summed E-state index contributed by atoms with van der Waals surface area (Å²) in [4.78, 5) is 25.2. The number of hydrogen-bond acceptors (Lipinski definition) is 2. The summed E-state index contributed by atoms with van der Waals surface area (Å²) in [5.41, 5.74) is 1.82. The van der Waals surface area contributed by atoms with Gasteiger partial charge in [-0.15, -0.1) is 0 Å². The second-order valence-corrected chi connectivity index (χ2v) is 4.36. The second kappa shape index (κ2) is 4.31. The van der Waals surface area contributed by atoms with Crippen molar-refractivity contribution >= 4 is 17.4 Å². The van der Waals surface area contributed by atoms with Crippen molar-refractivity contribution in [1.82, 2.24) is 0 Å². The number of ketones is 1. The average molecular weight is 255 g/mol. The molecule has 3 nitrogen and oxygen atoms in total. The van der Waals surface area contributed by atoms with Crippen LogP contribution in [0.15, 0.2) is 48.5 Å². The maximum absolute atomic E-state index is 12.8. The van der Waals surface area contributed by atoms with Gasteiger partial charge in [0.15, 0.2) is 0 Å². The zero-order chi connectivity index (χ0) is 13.4. The lowest BCUT2D eigenvalue weighted by Crippen LogP contribution is -2.29. The Labute approximate surface area is 109 Å². The maximum Gasteiger partial charge on any atom is 0.299 e. The van der Waals surface area contributed by atoms with Crippen molar-refractivity contribution in [3.63, 3.8) is 0 Å². The quantitative estimate of drug-likeness (QED) is 0.773. The molecule has 0 spiro atoms. The molecule has 2 aromatic rings. The van der Waals surface area contributed by atoms with E-state index in [9.17, 15) is 14.0 Å². The minimum Gasteiger partial charge on any atom is -0.300 e. The van der Waals surface area contributed by atoms with E-state index in [0.29, 0.717) is 11.3 Å². The minimum atomic E-state index is -0.537. The van der Waals surface area contributed by atoms with Crippen LogP contribution in [0.5, 0.6) is 0 Å². The molecule has 19 heavy (non-hydrogen) atoms. The molecule has 0 radical (unpaired) electrons. The monoisotopic (exact) mass is 255 g/mol. The Hall–Kier alpha value is -2.49. The maximum atomic E-state index is 12.8. The van der Waals surface area contributed by atoms with E-state index in [1.807, 2.05) is 0 Å². The van der Waals surface area contributed by atoms with Crippen molar-refractivity contribution in [1.29, 1.82) is 0 Å². The average Bonchev–Trinajstić information content (AvgIpc) is 2.67. The van der Waals surface area contributed by atoms with Gasteiger partial charge in [0.05, 0.1) is 17.8 Å². The molecule has 0 saturated heterocycles. The van der Waals surface area contributed by atoms with Gasteiger partial charge in [-0.05, 0) is 29.8 Å². The summed E-state index contributed by atoms with van der Waals surface area (Å²) in [6.07, 6.45) is 0. The van der Waals surface area contributed by atoms with E-state index in [2.05, 4.69) is 0 Å². The van der Waals surface area contributed by atoms with Gasteiger partial charge in [0.1, 0.15) is 5.82 Å². The summed E-state index contributed by atoms with van der Waals surface area (Å²) in [6, 6.07) is 12.8. The first-order valence-electron chi connectivity index (χ1n) is 5.86. The Morgan fingerprint density at radius 2 is 1.63 bits per heavy atom. The molecule has 94 valence electrons. The molecule has 1 amide bonds. The number of benzene rings is 2. The van der Waals surface area contributed by atoms with E-state index in [4.69, 9.17) is 0 Å². The molecule has 0 saturated carbocycles. The van der Waals surface area contributed by atoms with Gasteiger partial charge in [-0.25, -0.2) is 4.39 Å². The Balaban J connectivity index is 1.95. The number of carbonyl (C=O) groups excluding carboxylic acids is 2. The van der Waals surface area contributed by atoms with Crippen LogP contribution in [0.2, 0.25) is 0 Å². The Bertz CT molecular complexity index is 664. The largest absolute Gasteiger partial charge is 0.300 e. The molecule has 3 rings (SSSR count). The SMILES string of the molecule is O=C1C(=O)N(Cc2ccc(F)cc2)c2ccccc21. The Morgan fingerprint density at radius 1 is 0.947 bits per heavy atom. The van der Waals surface area contributed by atoms with Gasteiger partial charge < -0.3 is 4.90 Å². The van der Waals surface area contributed by atoms with E-state index in [-0.39, 0.29) is 12.4 Å². The zero-order valence-corrected chi connectivity index (χ0v) is 9.97. The van der Waals surface area contributed by atoms with Crippen LogP contribution in [0.1, 0.15) is 15.9 Å². The highest BCUT2D eigenvalue weighted by molar-refractivity contribution is 6.52. The fourth-order valence-electron chi connectivity index (χ4n) is 2.18. The first-order valence-corrected chi connectivity index (χ1v) is 5.86. The summed E-state index contributed by atoms with van der Waals surface area (Å²) in [7, 11) is 0. The summed E-state index contributed by atoms with van der Waals surface area (Å²) >= 11 is 0. The van der Waals surface area contributed by atoms with Crippen molar-refractivity contribution < 1.29 is 14.0 Å². The van der Waals surface area contributed by atoms with Gasteiger partial charge >= 0.3 is 0 Å². The second-order valence-electron chi connectivity index (χ2n) is 4.36. The lowest BCUT2D eigenvalue weighted by Gasteiger charge is -2.16. The highest BCUT2D eigenvalue weighted by Crippen LogP contribution is 2.29. The topological polar surface area (TPSA) is 37.4 Å². The summed E-state index contributed by atoms with van der Waals surface area (Å²) < 4.78 is 12.8. The number of halogens is 1. The smallest absolute Gasteiger partial charge is 0.299 e. The molecule has 0 unspecified atom stereocenters. The molecule has 0 bridgehead atoms. The number of fused-ring (bicyclic) bond motifs is 1. The third kappa shape index (κ3) is 1.91. The van der Waals surface area contributed by atoms with Crippen LogP contribution in [0.25, 0.3) is 0 Å². The molecule has 1 aliphatic heterocycles. The molecule has 0 N–H and O–H groups in total. The van der Waals surface area contributed by atoms with E-state index in [1.54, 1.807) is 36.4 Å². The van der Waals surface area contributed by atoms with Crippen LogP contribution in [0, 0.1) is 5.82 Å². The van der Waals surface area contributed by atoms with Crippen LogP contribution < -0.4 is 4.90 Å². The predicted octanol–water partition coefficient (Wildman–Crippen LogP) is 2.56. The highest BCUT2D eigenvalue weighted by atomic mass is 19.1. The summed E-state index contributed by atoms with van der Waals surface area (Å²) in [6.45, 7) is 0.266. The zero-order valence-electron chi connectivity index (χ0n) is 9.97. The number of amides is 1. The standard InChI is InChI=1S/C15H10FNO2/c16-11-7-5-10(6-8-11)9-17-13-4-2-1-3-12(13)14(18)15(17)19/h1-8H,9H2. The number of carbonyl (C=O) groups is 2. The van der Waals surface area contributed by atoms with Gasteiger partial charge in [-0.3, -0.25) is 9.59 Å². The van der Waals surface area contributed by atoms with E-state index in [1.165, 1.54) is 17.0 Å². The lowest BCUT2D eigenvalue weighted by molar-refractivity contribution is -0.114. The molecule has 1 heterocycles. The minimum absolute atomic E-state index is 0.266. The third-order valence-corrected chi connectivity index (χ3v) is 3.13. The van der Waals surface area contributed by atoms with Crippen molar-refractivity contribution in [2.45, 2.75) is 6.54 Å². The van der Waals surface area contributed by atoms with Crippen LogP contribution in [0.3, 0.4) is 0 Å². The van der Waals surface area contributed by atoms with Gasteiger partial charge in [0.25, 0.3) is 11.7 Å². The molecule has 0 aliphatic carbocycles. The molecule has 0 atom stereocenters. The molecule has 0 fully saturated rings. The number of rotatable bonds is 2. The fraction of sp³-hybridized carbons (Fsp3) is 0.0667. The van der Waals surface area contributed by atoms with Gasteiger partial charge in [0.2, 0.25) is 0 Å². The predicted molar refractivity (Wildman–Crippen MR) is 68.4 cm³/mol. The fourth-order valence-corrected chi connectivity index (χ4v) is 2.18. The van der Waals surface area contributed by atoms with Crippen molar-refractivity contribution in [3.8, 4) is 0 Å². The van der Waals surface area contributed by atoms with Gasteiger partial charge in [-0.2, -0.15) is 0 Å². The first kappa shape index (κ1) is 11.6. The number of para-hydroxylation sites is 1. The normalized spacial score (nSPS) is 13.8.